The molecule has 8 rings (SSSR count). The zero-order valence-electron chi connectivity index (χ0n) is 20.7. The van der Waals surface area contributed by atoms with Crippen molar-refractivity contribution in [2.24, 2.45) is 0 Å². The molecule has 0 aliphatic heterocycles. The Morgan fingerprint density at radius 2 is 1.13 bits per heavy atom. The smallest absolute Gasteiger partial charge is 0.166 e. The molecule has 5 nitrogen and oxygen atoms in total. The lowest BCUT2D eigenvalue weighted by Crippen LogP contribution is -2.01. The van der Waals surface area contributed by atoms with Crippen LogP contribution in [0.5, 0.6) is 0 Å². The van der Waals surface area contributed by atoms with E-state index in [1.807, 2.05) is 66.9 Å². The lowest BCUT2D eigenvalue weighted by Gasteiger charge is -2.10. The first kappa shape index (κ1) is 21.6. The second-order valence-corrected chi connectivity index (χ2v) is 9.52. The number of fused-ring (bicyclic) bond motifs is 6. The van der Waals surface area contributed by atoms with Gasteiger partial charge in [0.1, 0.15) is 5.58 Å². The summed E-state index contributed by atoms with van der Waals surface area (Å²) in [6.07, 6.45) is 3.59. The van der Waals surface area contributed by atoms with Gasteiger partial charge in [-0.2, -0.15) is 0 Å². The van der Waals surface area contributed by atoms with Crippen LogP contribution >= 0.6 is 0 Å². The maximum absolute atomic E-state index is 6.38. The Bertz CT molecular complexity index is 2180. The Hall–Kier alpha value is -5.42. The monoisotopic (exact) mass is 500 g/mol. The van der Waals surface area contributed by atoms with E-state index >= 15 is 0 Å². The molecule has 0 saturated carbocycles. The Morgan fingerprint density at radius 3 is 1.97 bits per heavy atom. The van der Waals surface area contributed by atoms with Crippen LogP contribution in [0.2, 0.25) is 0 Å². The molecule has 0 atom stereocenters. The first-order valence-corrected chi connectivity index (χ1v) is 12.8. The molecule has 3 aromatic heterocycles. The van der Waals surface area contributed by atoms with E-state index in [0.29, 0.717) is 23.1 Å². The maximum Gasteiger partial charge on any atom is 0.166 e. The van der Waals surface area contributed by atoms with Gasteiger partial charge in [-0.1, -0.05) is 103 Å². The van der Waals surface area contributed by atoms with Crippen LogP contribution in [0.1, 0.15) is 0 Å². The summed E-state index contributed by atoms with van der Waals surface area (Å²) in [5.74, 6) is 1.78. The number of rotatable bonds is 3. The molecule has 0 radical (unpaired) electrons. The van der Waals surface area contributed by atoms with Crippen molar-refractivity contribution in [3.63, 3.8) is 0 Å². The van der Waals surface area contributed by atoms with Crippen LogP contribution < -0.4 is 0 Å². The van der Waals surface area contributed by atoms with Crippen LogP contribution in [0, 0.1) is 0 Å². The Morgan fingerprint density at radius 1 is 0.462 bits per heavy atom. The SMILES string of the molecule is c1ccc(-c2nc(-c3cccc4ccccc34)nc(-c3cncc4oc5c6ccccc6ccc5c34)n2)cc1. The van der Waals surface area contributed by atoms with Crippen molar-refractivity contribution in [2.75, 3.05) is 0 Å². The maximum atomic E-state index is 6.38. The highest BCUT2D eigenvalue weighted by Crippen LogP contribution is 2.39. The average Bonchev–Trinajstić information content (AvgIpc) is 3.40. The fourth-order valence-electron chi connectivity index (χ4n) is 5.38. The molecular weight excluding hydrogens is 480 g/mol. The highest BCUT2D eigenvalue weighted by Gasteiger charge is 2.19. The Labute approximate surface area is 223 Å². The van der Waals surface area contributed by atoms with E-state index in [4.69, 9.17) is 19.4 Å². The third-order valence-electron chi connectivity index (χ3n) is 7.21. The molecule has 0 spiro atoms. The summed E-state index contributed by atoms with van der Waals surface area (Å²) in [5, 5.41) is 6.37. The van der Waals surface area contributed by atoms with Gasteiger partial charge in [0.25, 0.3) is 0 Å². The molecule has 0 unspecified atom stereocenters. The summed E-state index contributed by atoms with van der Waals surface area (Å²) >= 11 is 0. The van der Waals surface area contributed by atoms with Gasteiger partial charge in [0.05, 0.1) is 6.20 Å². The third kappa shape index (κ3) is 3.48. The molecule has 0 N–H and O–H groups in total. The summed E-state index contributed by atoms with van der Waals surface area (Å²) in [6, 6.07) is 37.0. The van der Waals surface area contributed by atoms with Gasteiger partial charge in [-0.05, 0) is 22.2 Å². The van der Waals surface area contributed by atoms with Gasteiger partial charge in [0, 0.05) is 39.0 Å². The van der Waals surface area contributed by atoms with Crippen molar-refractivity contribution in [1.29, 1.82) is 0 Å². The molecule has 0 saturated heterocycles. The minimum absolute atomic E-state index is 0.556. The average molecular weight is 501 g/mol. The highest BCUT2D eigenvalue weighted by molar-refractivity contribution is 6.18. The fourth-order valence-corrected chi connectivity index (χ4v) is 5.38. The summed E-state index contributed by atoms with van der Waals surface area (Å²) in [7, 11) is 0. The van der Waals surface area contributed by atoms with Crippen LogP contribution in [-0.2, 0) is 0 Å². The number of hydrogen-bond acceptors (Lipinski definition) is 5. The van der Waals surface area contributed by atoms with Gasteiger partial charge >= 0.3 is 0 Å². The van der Waals surface area contributed by atoms with E-state index in [2.05, 4.69) is 53.5 Å². The number of benzene rings is 5. The first-order valence-electron chi connectivity index (χ1n) is 12.8. The minimum atomic E-state index is 0.556. The summed E-state index contributed by atoms with van der Waals surface area (Å²) < 4.78 is 6.38. The molecule has 8 aromatic rings. The van der Waals surface area contributed by atoms with Gasteiger partial charge in [0.2, 0.25) is 0 Å². The van der Waals surface area contributed by atoms with Crippen molar-refractivity contribution >= 4 is 43.5 Å². The van der Waals surface area contributed by atoms with E-state index in [9.17, 15) is 0 Å². The van der Waals surface area contributed by atoms with E-state index in [1.165, 1.54) is 0 Å². The predicted molar refractivity (Wildman–Crippen MR) is 156 cm³/mol. The highest BCUT2D eigenvalue weighted by atomic mass is 16.3. The van der Waals surface area contributed by atoms with E-state index in [1.54, 1.807) is 6.20 Å². The van der Waals surface area contributed by atoms with Crippen molar-refractivity contribution < 1.29 is 4.42 Å². The second-order valence-electron chi connectivity index (χ2n) is 9.52. The Balaban J connectivity index is 1.44. The summed E-state index contributed by atoms with van der Waals surface area (Å²) in [5.41, 5.74) is 4.22. The number of furan rings is 1. The largest absolute Gasteiger partial charge is 0.454 e. The Kier molecular flexibility index (Phi) is 4.76. The van der Waals surface area contributed by atoms with Crippen LogP contribution in [0.15, 0.2) is 126 Å². The van der Waals surface area contributed by atoms with Crippen molar-refractivity contribution in [1.82, 2.24) is 19.9 Å². The third-order valence-corrected chi connectivity index (χ3v) is 7.21. The van der Waals surface area contributed by atoms with Crippen molar-refractivity contribution in [3.8, 4) is 34.2 Å². The van der Waals surface area contributed by atoms with Gasteiger partial charge in [-0.3, -0.25) is 4.98 Å². The zero-order valence-corrected chi connectivity index (χ0v) is 20.7. The summed E-state index contributed by atoms with van der Waals surface area (Å²) in [6.45, 7) is 0. The fraction of sp³-hybridized carbons (Fsp3) is 0. The predicted octanol–water partition coefficient (Wildman–Crippen LogP) is 8.47. The standard InChI is InChI=1S/C34H20N4O/c1-2-11-23(12-3-1)32-36-33(26-16-8-13-21-9-4-6-14-24(21)26)38-34(37-32)28-19-35-20-29-30(28)27-18-17-22-10-5-7-15-25(22)31(27)39-29/h1-20H. The number of nitrogens with zero attached hydrogens (tertiary/aromatic N) is 4. The molecule has 0 bridgehead atoms. The van der Waals surface area contributed by atoms with E-state index < -0.39 is 0 Å². The van der Waals surface area contributed by atoms with Crippen LogP contribution in [0.25, 0.3) is 77.6 Å². The van der Waals surface area contributed by atoms with Crippen molar-refractivity contribution in [3.05, 3.63) is 122 Å². The van der Waals surface area contributed by atoms with Crippen molar-refractivity contribution in [2.45, 2.75) is 0 Å². The molecular formula is C34H20N4O. The lowest BCUT2D eigenvalue weighted by molar-refractivity contribution is 0.670. The van der Waals surface area contributed by atoms with Crippen LogP contribution in [-0.4, -0.2) is 19.9 Å². The lowest BCUT2D eigenvalue weighted by atomic mass is 10.0. The summed E-state index contributed by atoms with van der Waals surface area (Å²) in [4.78, 5) is 19.5. The number of aromatic nitrogens is 4. The molecule has 0 aliphatic rings. The number of pyridine rings is 1. The number of hydrogen-bond donors (Lipinski definition) is 0. The van der Waals surface area contributed by atoms with Gasteiger partial charge in [-0.15, -0.1) is 0 Å². The molecule has 3 heterocycles. The first-order chi connectivity index (χ1) is 19.3. The topological polar surface area (TPSA) is 64.7 Å². The molecule has 0 amide bonds. The van der Waals surface area contributed by atoms with Gasteiger partial charge in [-0.25, -0.2) is 15.0 Å². The molecule has 0 fully saturated rings. The normalized spacial score (nSPS) is 11.6. The van der Waals surface area contributed by atoms with Gasteiger partial charge in [0.15, 0.2) is 23.1 Å². The zero-order chi connectivity index (χ0) is 25.8. The molecule has 5 aromatic carbocycles. The van der Waals surface area contributed by atoms with Crippen LogP contribution in [0.3, 0.4) is 0 Å². The molecule has 39 heavy (non-hydrogen) atoms. The van der Waals surface area contributed by atoms with E-state index in [0.717, 1.165) is 54.6 Å². The van der Waals surface area contributed by atoms with Crippen LogP contribution in [0.4, 0.5) is 0 Å². The quantitative estimate of drug-likeness (QED) is 0.243. The molecule has 182 valence electrons. The molecule has 0 aliphatic carbocycles. The second kappa shape index (κ2) is 8.57. The van der Waals surface area contributed by atoms with E-state index in [-0.39, 0.29) is 0 Å². The van der Waals surface area contributed by atoms with Gasteiger partial charge < -0.3 is 4.42 Å². The minimum Gasteiger partial charge on any atom is -0.454 e. The molecule has 5 heteroatoms.